The van der Waals surface area contributed by atoms with Gasteiger partial charge in [0.05, 0.1) is 6.20 Å². The van der Waals surface area contributed by atoms with E-state index in [4.69, 9.17) is 5.10 Å². The van der Waals surface area contributed by atoms with E-state index in [9.17, 15) is 0 Å². The van der Waals surface area contributed by atoms with Gasteiger partial charge >= 0.3 is 0 Å². The summed E-state index contributed by atoms with van der Waals surface area (Å²) in [5.74, 6) is 3.05. The maximum atomic E-state index is 4.72. The summed E-state index contributed by atoms with van der Waals surface area (Å²) in [6.45, 7) is 3.14. The van der Waals surface area contributed by atoms with Crippen molar-refractivity contribution in [3.05, 3.63) is 35.4 Å². The maximum absolute atomic E-state index is 4.72. The van der Waals surface area contributed by atoms with Gasteiger partial charge < -0.3 is 4.90 Å². The van der Waals surface area contributed by atoms with Crippen LogP contribution in [0.1, 0.15) is 54.6 Å². The van der Waals surface area contributed by atoms with E-state index in [-0.39, 0.29) is 0 Å². The molecule has 1 aliphatic carbocycles. The number of anilines is 1. The second-order valence-corrected chi connectivity index (χ2v) is 8.05. The third kappa shape index (κ3) is 3.18. The van der Waals surface area contributed by atoms with Crippen LogP contribution >= 0.6 is 0 Å². The fourth-order valence-corrected chi connectivity index (χ4v) is 4.05. The Labute approximate surface area is 158 Å². The Bertz CT molecular complexity index is 930. The Balaban J connectivity index is 1.28. The summed E-state index contributed by atoms with van der Waals surface area (Å²) < 4.78 is 1.93. The van der Waals surface area contributed by atoms with E-state index in [1.54, 1.807) is 0 Å². The molecule has 2 fully saturated rings. The lowest BCUT2D eigenvalue weighted by Crippen LogP contribution is -2.33. The normalized spacial score (nSPS) is 19.0. The van der Waals surface area contributed by atoms with Crippen molar-refractivity contribution < 1.29 is 0 Å². The van der Waals surface area contributed by atoms with Gasteiger partial charge in [-0.3, -0.25) is 10.00 Å². The minimum atomic E-state index is 0.411. The molecule has 5 rings (SSSR count). The molecule has 8 heteroatoms. The first-order valence-electron chi connectivity index (χ1n) is 9.83. The van der Waals surface area contributed by atoms with Crippen LogP contribution in [0.15, 0.2) is 18.3 Å². The molecule has 0 atom stereocenters. The summed E-state index contributed by atoms with van der Waals surface area (Å²) in [6.07, 6.45) is 6.80. The standard InChI is InChI=1S/C19H26N8/c1-25(2)17-6-5-16-21-23-19(27(16)24-17)14-7-9-26(10-8-14)12-15-11-20-22-18(15)13-3-4-13/h5-6,11,13-14H,3-4,7-10,12H2,1-2H3,(H,20,22). The Morgan fingerprint density at radius 2 is 1.89 bits per heavy atom. The number of hydrogen-bond acceptors (Lipinski definition) is 6. The molecule has 4 heterocycles. The minimum absolute atomic E-state index is 0.411. The molecule has 0 radical (unpaired) electrons. The Hall–Kier alpha value is -2.48. The number of aromatic amines is 1. The average Bonchev–Trinajstić information content (AvgIpc) is 3.27. The SMILES string of the molecule is CN(C)c1ccc2nnc(C3CCN(Cc4cn[nH]c4C4CC4)CC3)n2n1. The number of rotatable bonds is 5. The zero-order valence-corrected chi connectivity index (χ0v) is 16.0. The number of aromatic nitrogens is 6. The Morgan fingerprint density at radius 1 is 1.07 bits per heavy atom. The summed E-state index contributed by atoms with van der Waals surface area (Å²) in [4.78, 5) is 4.54. The molecule has 2 aliphatic rings. The summed E-state index contributed by atoms with van der Waals surface area (Å²) in [6, 6.07) is 3.98. The molecule has 3 aromatic rings. The van der Waals surface area contributed by atoms with E-state index >= 15 is 0 Å². The second-order valence-electron chi connectivity index (χ2n) is 8.05. The van der Waals surface area contributed by atoms with Crippen molar-refractivity contribution in [3.8, 4) is 0 Å². The largest absolute Gasteiger partial charge is 0.361 e. The van der Waals surface area contributed by atoms with Gasteiger partial charge in [-0.15, -0.1) is 15.3 Å². The average molecular weight is 366 g/mol. The van der Waals surface area contributed by atoms with Crippen molar-refractivity contribution in [3.63, 3.8) is 0 Å². The zero-order valence-electron chi connectivity index (χ0n) is 16.0. The van der Waals surface area contributed by atoms with Gasteiger partial charge in [0.2, 0.25) is 0 Å². The lowest BCUT2D eigenvalue weighted by atomic mass is 9.95. The number of H-pyrrole nitrogens is 1. The van der Waals surface area contributed by atoms with Crippen molar-refractivity contribution >= 4 is 11.5 Å². The number of nitrogens with one attached hydrogen (secondary N) is 1. The molecule has 0 amide bonds. The first-order chi connectivity index (χ1) is 13.2. The number of fused-ring (bicyclic) bond motifs is 1. The molecular formula is C19H26N8. The van der Waals surface area contributed by atoms with Gasteiger partial charge in [0.15, 0.2) is 11.5 Å². The fraction of sp³-hybridized carbons (Fsp3) is 0.579. The summed E-state index contributed by atoms with van der Waals surface area (Å²) in [5, 5.41) is 21.0. The van der Waals surface area contributed by atoms with E-state index in [0.29, 0.717) is 5.92 Å². The summed E-state index contributed by atoms with van der Waals surface area (Å²) in [5.41, 5.74) is 3.56. The highest BCUT2D eigenvalue weighted by Gasteiger charge is 2.30. The van der Waals surface area contributed by atoms with Crippen molar-refractivity contribution in [2.45, 2.75) is 44.1 Å². The van der Waals surface area contributed by atoms with Crippen LogP contribution < -0.4 is 4.90 Å². The summed E-state index contributed by atoms with van der Waals surface area (Å²) in [7, 11) is 4.00. The molecule has 1 aliphatic heterocycles. The maximum Gasteiger partial charge on any atom is 0.178 e. The molecule has 1 N–H and O–H groups in total. The smallest absolute Gasteiger partial charge is 0.178 e. The molecule has 3 aromatic heterocycles. The molecule has 142 valence electrons. The van der Waals surface area contributed by atoms with Gasteiger partial charge in [0.1, 0.15) is 5.82 Å². The van der Waals surface area contributed by atoms with Crippen LogP contribution in [0.25, 0.3) is 5.65 Å². The van der Waals surface area contributed by atoms with Crippen molar-refractivity contribution in [2.24, 2.45) is 0 Å². The molecule has 0 aromatic carbocycles. The third-order valence-electron chi connectivity index (χ3n) is 5.81. The van der Waals surface area contributed by atoms with Crippen molar-refractivity contribution in [1.29, 1.82) is 0 Å². The third-order valence-corrected chi connectivity index (χ3v) is 5.81. The van der Waals surface area contributed by atoms with E-state index in [1.807, 2.05) is 41.8 Å². The first kappa shape index (κ1) is 16.7. The van der Waals surface area contributed by atoms with Crippen LogP contribution in [0.3, 0.4) is 0 Å². The minimum Gasteiger partial charge on any atom is -0.361 e. The highest BCUT2D eigenvalue weighted by atomic mass is 15.4. The topological polar surface area (TPSA) is 78.2 Å². The fourth-order valence-electron chi connectivity index (χ4n) is 4.05. The molecule has 27 heavy (non-hydrogen) atoms. The van der Waals surface area contributed by atoms with Crippen LogP contribution in [-0.2, 0) is 6.54 Å². The van der Waals surface area contributed by atoms with Crippen LogP contribution in [0.4, 0.5) is 5.82 Å². The lowest BCUT2D eigenvalue weighted by Gasteiger charge is -2.31. The first-order valence-corrected chi connectivity index (χ1v) is 9.83. The zero-order chi connectivity index (χ0) is 18.4. The lowest BCUT2D eigenvalue weighted by molar-refractivity contribution is 0.200. The van der Waals surface area contributed by atoms with Crippen LogP contribution in [0.2, 0.25) is 0 Å². The number of piperidine rings is 1. The quantitative estimate of drug-likeness (QED) is 0.746. The molecule has 8 nitrogen and oxygen atoms in total. The molecule has 0 spiro atoms. The van der Waals surface area contributed by atoms with Crippen LogP contribution in [0.5, 0.6) is 0 Å². The highest BCUT2D eigenvalue weighted by Crippen LogP contribution is 2.41. The molecule has 1 saturated carbocycles. The van der Waals surface area contributed by atoms with Gasteiger partial charge in [-0.25, -0.2) is 0 Å². The second kappa shape index (κ2) is 6.60. The summed E-state index contributed by atoms with van der Waals surface area (Å²) >= 11 is 0. The van der Waals surface area contributed by atoms with Gasteiger partial charge in [-0.05, 0) is 50.9 Å². The molecule has 1 saturated heterocycles. The number of hydrogen-bond donors (Lipinski definition) is 1. The van der Waals surface area contributed by atoms with E-state index < -0.39 is 0 Å². The predicted octanol–water partition coefficient (Wildman–Crippen LogP) is 2.17. The highest BCUT2D eigenvalue weighted by molar-refractivity contribution is 5.45. The van der Waals surface area contributed by atoms with Crippen molar-refractivity contribution in [1.82, 2.24) is 34.9 Å². The predicted molar refractivity (Wildman–Crippen MR) is 103 cm³/mol. The molecule has 0 unspecified atom stereocenters. The monoisotopic (exact) mass is 366 g/mol. The van der Waals surface area contributed by atoms with Gasteiger partial charge in [-0.2, -0.15) is 9.61 Å². The van der Waals surface area contributed by atoms with E-state index in [0.717, 1.165) is 55.7 Å². The van der Waals surface area contributed by atoms with E-state index in [1.165, 1.54) is 24.1 Å². The van der Waals surface area contributed by atoms with Gasteiger partial charge in [0.25, 0.3) is 0 Å². The Kier molecular flexibility index (Phi) is 4.07. The Morgan fingerprint density at radius 3 is 2.63 bits per heavy atom. The van der Waals surface area contributed by atoms with E-state index in [2.05, 4.69) is 25.3 Å². The van der Waals surface area contributed by atoms with Gasteiger partial charge in [0, 0.05) is 43.7 Å². The van der Waals surface area contributed by atoms with Crippen LogP contribution in [-0.4, -0.2) is 62.1 Å². The number of nitrogens with zero attached hydrogens (tertiary/aromatic N) is 7. The molecular weight excluding hydrogens is 340 g/mol. The van der Waals surface area contributed by atoms with Gasteiger partial charge in [-0.1, -0.05) is 0 Å². The number of likely N-dealkylation sites (tertiary alicyclic amines) is 1. The van der Waals surface area contributed by atoms with Crippen molar-refractivity contribution in [2.75, 3.05) is 32.1 Å². The van der Waals surface area contributed by atoms with Crippen LogP contribution in [0, 0.1) is 0 Å². The molecule has 0 bridgehead atoms.